The average molecular weight is 308 g/mol. The lowest BCUT2D eigenvalue weighted by Crippen LogP contribution is -2.27. The summed E-state index contributed by atoms with van der Waals surface area (Å²) in [6.45, 7) is 4.98. The lowest BCUT2D eigenvalue weighted by Gasteiger charge is -2.23. The van der Waals surface area contributed by atoms with Gasteiger partial charge in [0.1, 0.15) is 0 Å². The maximum absolute atomic E-state index is 4.64. The van der Waals surface area contributed by atoms with Crippen LogP contribution in [0.25, 0.3) is 0 Å². The van der Waals surface area contributed by atoms with Crippen molar-refractivity contribution < 1.29 is 0 Å². The van der Waals surface area contributed by atoms with Gasteiger partial charge in [-0.1, -0.05) is 0 Å². The van der Waals surface area contributed by atoms with Gasteiger partial charge in [-0.15, -0.1) is 0 Å². The standard InChI is InChI=1S/C14H24N6S/c1-2-15-12-17-13(16-11-5-9-21-10-6-11)19-14(18-12)20-7-3-4-8-20/h11H,2-10H2,1H3,(H2,15,16,17,18,19). The van der Waals surface area contributed by atoms with E-state index in [4.69, 9.17) is 0 Å². The Labute approximate surface area is 130 Å². The van der Waals surface area contributed by atoms with Crippen LogP contribution in [-0.2, 0) is 0 Å². The Hall–Kier alpha value is -1.24. The number of rotatable bonds is 5. The minimum atomic E-state index is 0.495. The zero-order valence-corrected chi connectivity index (χ0v) is 13.5. The summed E-state index contributed by atoms with van der Waals surface area (Å²) in [4.78, 5) is 15.9. The van der Waals surface area contributed by atoms with E-state index in [0.717, 1.165) is 31.5 Å². The second kappa shape index (κ2) is 7.15. The molecule has 2 aliphatic heterocycles. The van der Waals surface area contributed by atoms with Crippen LogP contribution in [0.3, 0.4) is 0 Å². The number of hydrogen-bond donors (Lipinski definition) is 2. The second-order valence-corrected chi connectivity index (χ2v) is 6.76. The van der Waals surface area contributed by atoms with Gasteiger partial charge >= 0.3 is 0 Å². The fourth-order valence-corrected chi connectivity index (χ4v) is 3.86. The molecule has 0 atom stereocenters. The number of thioether (sulfide) groups is 1. The Bertz CT molecular complexity index is 457. The van der Waals surface area contributed by atoms with Gasteiger partial charge in [0.25, 0.3) is 0 Å². The molecule has 0 saturated carbocycles. The molecule has 0 unspecified atom stereocenters. The third kappa shape index (κ3) is 3.90. The van der Waals surface area contributed by atoms with Gasteiger partial charge in [-0.25, -0.2) is 0 Å². The zero-order valence-electron chi connectivity index (χ0n) is 12.6. The van der Waals surface area contributed by atoms with E-state index in [2.05, 4.69) is 37.4 Å². The van der Waals surface area contributed by atoms with Gasteiger partial charge in [0.15, 0.2) is 0 Å². The van der Waals surface area contributed by atoms with Gasteiger partial charge in [0.2, 0.25) is 17.8 Å². The summed E-state index contributed by atoms with van der Waals surface area (Å²) in [6, 6.07) is 0.495. The summed E-state index contributed by atoms with van der Waals surface area (Å²) in [6.07, 6.45) is 4.83. The van der Waals surface area contributed by atoms with E-state index in [1.54, 1.807) is 0 Å². The van der Waals surface area contributed by atoms with Crippen molar-refractivity contribution in [3.8, 4) is 0 Å². The smallest absolute Gasteiger partial charge is 0.231 e. The fourth-order valence-electron chi connectivity index (χ4n) is 2.75. The van der Waals surface area contributed by atoms with E-state index >= 15 is 0 Å². The Morgan fingerprint density at radius 2 is 1.81 bits per heavy atom. The highest BCUT2D eigenvalue weighted by Gasteiger charge is 2.19. The molecular weight excluding hydrogens is 284 g/mol. The number of aromatic nitrogens is 3. The predicted octanol–water partition coefficient (Wildman–Crippen LogP) is 2.21. The molecule has 21 heavy (non-hydrogen) atoms. The molecule has 0 bridgehead atoms. The van der Waals surface area contributed by atoms with Crippen molar-refractivity contribution in [3.63, 3.8) is 0 Å². The monoisotopic (exact) mass is 308 g/mol. The van der Waals surface area contributed by atoms with Crippen LogP contribution in [-0.4, -0.2) is 52.1 Å². The average Bonchev–Trinajstić information content (AvgIpc) is 3.03. The quantitative estimate of drug-likeness (QED) is 0.864. The highest BCUT2D eigenvalue weighted by atomic mass is 32.2. The lowest BCUT2D eigenvalue weighted by molar-refractivity contribution is 0.658. The molecule has 0 radical (unpaired) electrons. The lowest BCUT2D eigenvalue weighted by atomic mass is 10.2. The van der Waals surface area contributed by atoms with E-state index in [1.807, 2.05) is 11.8 Å². The summed E-state index contributed by atoms with van der Waals surface area (Å²) in [5, 5.41) is 6.72. The minimum absolute atomic E-state index is 0.495. The van der Waals surface area contributed by atoms with Crippen molar-refractivity contribution >= 4 is 29.6 Å². The topological polar surface area (TPSA) is 66.0 Å². The van der Waals surface area contributed by atoms with Crippen molar-refractivity contribution in [2.45, 2.75) is 38.6 Å². The largest absolute Gasteiger partial charge is 0.354 e. The molecule has 0 spiro atoms. The molecule has 7 heteroatoms. The van der Waals surface area contributed by atoms with E-state index in [0.29, 0.717) is 12.0 Å². The molecule has 2 saturated heterocycles. The number of hydrogen-bond acceptors (Lipinski definition) is 7. The van der Waals surface area contributed by atoms with Crippen LogP contribution in [0.1, 0.15) is 32.6 Å². The molecule has 2 aliphatic rings. The maximum Gasteiger partial charge on any atom is 0.231 e. The van der Waals surface area contributed by atoms with Crippen LogP contribution in [0.15, 0.2) is 0 Å². The first-order valence-electron chi connectivity index (χ1n) is 7.94. The van der Waals surface area contributed by atoms with E-state index < -0.39 is 0 Å². The maximum atomic E-state index is 4.64. The molecule has 6 nitrogen and oxygen atoms in total. The highest BCUT2D eigenvalue weighted by Crippen LogP contribution is 2.22. The molecule has 3 rings (SSSR count). The molecule has 1 aromatic rings. The summed E-state index contributed by atoms with van der Waals surface area (Å²) in [7, 11) is 0. The highest BCUT2D eigenvalue weighted by molar-refractivity contribution is 7.99. The number of nitrogens with zero attached hydrogens (tertiary/aromatic N) is 4. The van der Waals surface area contributed by atoms with Gasteiger partial charge in [-0.2, -0.15) is 26.7 Å². The predicted molar refractivity (Wildman–Crippen MR) is 89.4 cm³/mol. The zero-order chi connectivity index (χ0) is 14.5. The van der Waals surface area contributed by atoms with Gasteiger partial charge in [0, 0.05) is 25.7 Å². The number of nitrogens with one attached hydrogen (secondary N) is 2. The normalized spacial score (nSPS) is 19.8. The Kier molecular flexibility index (Phi) is 5.00. The number of anilines is 3. The first-order chi connectivity index (χ1) is 10.3. The van der Waals surface area contributed by atoms with Gasteiger partial charge < -0.3 is 15.5 Å². The summed E-state index contributed by atoms with van der Waals surface area (Å²) in [5.41, 5.74) is 0. The molecule has 3 heterocycles. The van der Waals surface area contributed by atoms with Crippen molar-refractivity contribution in [2.24, 2.45) is 0 Å². The van der Waals surface area contributed by atoms with Gasteiger partial charge in [-0.05, 0) is 44.1 Å². The molecule has 0 aromatic carbocycles. The SMILES string of the molecule is CCNc1nc(NC2CCSCC2)nc(N2CCCC2)n1. The van der Waals surface area contributed by atoms with E-state index in [1.165, 1.54) is 37.2 Å². The summed E-state index contributed by atoms with van der Waals surface area (Å²) >= 11 is 2.03. The second-order valence-electron chi connectivity index (χ2n) is 5.54. The first kappa shape index (κ1) is 14.7. The third-order valence-electron chi connectivity index (χ3n) is 3.90. The molecule has 2 fully saturated rings. The summed E-state index contributed by atoms with van der Waals surface area (Å²) in [5.74, 6) is 4.66. The van der Waals surface area contributed by atoms with Crippen molar-refractivity contribution in [1.82, 2.24) is 15.0 Å². The Balaban J connectivity index is 1.76. The first-order valence-corrected chi connectivity index (χ1v) is 9.10. The van der Waals surface area contributed by atoms with E-state index in [9.17, 15) is 0 Å². The fraction of sp³-hybridized carbons (Fsp3) is 0.786. The van der Waals surface area contributed by atoms with Crippen LogP contribution < -0.4 is 15.5 Å². The van der Waals surface area contributed by atoms with Crippen molar-refractivity contribution in [1.29, 1.82) is 0 Å². The Morgan fingerprint density at radius 3 is 2.52 bits per heavy atom. The molecular formula is C14H24N6S. The molecule has 116 valence electrons. The minimum Gasteiger partial charge on any atom is -0.354 e. The van der Waals surface area contributed by atoms with Crippen LogP contribution >= 0.6 is 11.8 Å². The van der Waals surface area contributed by atoms with Crippen LogP contribution in [0, 0.1) is 0 Å². The van der Waals surface area contributed by atoms with Crippen molar-refractivity contribution in [2.75, 3.05) is 46.7 Å². The third-order valence-corrected chi connectivity index (χ3v) is 4.95. The van der Waals surface area contributed by atoms with Gasteiger partial charge in [0.05, 0.1) is 0 Å². The molecule has 2 N–H and O–H groups in total. The molecule has 0 aliphatic carbocycles. The van der Waals surface area contributed by atoms with Crippen LogP contribution in [0.2, 0.25) is 0 Å². The van der Waals surface area contributed by atoms with Crippen molar-refractivity contribution in [3.05, 3.63) is 0 Å². The van der Waals surface area contributed by atoms with Gasteiger partial charge in [-0.3, -0.25) is 0 Å². The Morgan fingerprint density at radius 1 is 1.10 bits per heavy atom. The van der Waals surface area contributed by atoms with Crippen LogP contribution in [0.5, 0.6) is 0 Å². The van der Waals surface area contributed by atoms with Crippen LogP contribution in [0.4, 0.5) is 17.8 Å². The molecule has 0 amide bonds. The van der Waals surface area contributed by atoms with E-state index in [-0.39, 0.29) is 0 Å². The molecule has 1 aromatic heterocycles. The summed E-state index contributed by atoms with van der Waals surface area (Å²) < 4.78 is 0.